The summed E-state index contributed by atoms with van der Waals surface area (Å²) < 4.78 is 14.8. The molecule has 0 aliphatic heterocycles. The largest absolute Gasteiger partial charge is 0.290 e. The highest BCUT2D eigenvalue weighted by Gasteiger charge is 2.06. The molecule has 0 atom stereocenters. The van der Waals surface area contributed by atoms with Gasteiger partial charge in [0.1, 0.15) is 12.1 Å². The van der Waals surface area contributed by atoms with Gasteiger partial charge in [-0.05, 0) is 41.8 Å². The number of nitrogens with one attached hydrogen (secondary N) is 1. The third kappa shape index (κ3) is 4.57. The number of carbonyl (C=O) groups is 1. The van der Waals surface area contributed by atoms with Gasteiger partial charge < -0.3 is 0 Å². The molecule has 0 radical (unpaired) electrons. The number of amides is 1. The zero-order valence-corrected chi connectivity index (χ0v) is 13.6. The first kappa shape index (κ1) is 16.5. The number of nitrogens with zero attached hydrogens (tertiary/aromatic N) is 4. The van der Waals surface area contributed by atoms with Crippen molar-refractivity contribution in [1.82, 2.24) is 19.7 Å². The van der Waals surface area contributed by atoms with Crippen LogP contribution in [0.15, 0.2) is 61.2 Å². The van der Waals surface area contributed by atoms with Gasteiger partial charge in [0.2, 0.25) is 5.95 Å². The minimum atomic E-state index is -0.374. The quantitative estimate of drug-likeness (QED) is 0.727. The van der Waals surface area contributed by atoms with E-state index in [2.05, 4.69) is 20.4 Å². The second-order valence-corrected chi connectivity index (χ2v) is 5.45. The van der Waals surface area contributed by atoms with Crippen LogP contribution >= 0.6 is 0 Å². The van der Waals surface area contributed by atoms with E-state index in [-0.39, 0.29) is 17.7 Å². The zero-order valence-electron chi connectivity index (χ0n) is 13.6. The molecule has 126 valence electrons. The molecule has 0 unspecified atom stereocenters. The lowest BCUT2D eigenvalue weighted by Crippen LogP contribution is -2.10. The average Bonchev–Trinajstić information content (AvgIpc) is 3.02. The van der Waals surface area contributed by atoms with Crippen molar-refractivity contribution in [2.24, 2.45) is 0 Å². The second-order valence-electron chi connectivity index (χ2n) is 5.45. The number of pyridine rings is 1. The van der Waals surface area contributed by atoms with Gasteiger partial charge in [0, 0.05) is 18.5 Å². The van der Waals surface area contributed by atoms with Gasteiger partial charge in [-0.1, -0.05) is 18.2 Å². The van der Waals surface area contributed by atoms with E-state index in [0.717, 1.165) is 5.56 Å². The lowest BCUT2D eigenvalue weighted by Gasteiger charge is -2.02. The molecule has 3 rings (SSSR count). The van der Waals surface area contributed by atoms with Crippen molar-refractivity contribution in [3.63, 3.8) is 0 Å². The number of anilines is 1. The fraction of sp³-hybridized carbons (Fsp3) is 0.111. The Bertz CT molecular complexity index is 905. The summed E-state index contributed by atoms with van der Waals surface area (Å²) in [6.45, 7) is 2.25. The third-order valence-corrected chi connectivity index (χ3v) is 3.47. The molecule has 3 aromatic rings. The standard InChI is InChI=1S/C18H16FN5O/c1-13(15-5-2-6-16(19)9-15)8-17(25)22-18-21-12-24(23-18)11-14-4-3-7-20-10-14/h2-10,12H,11H2,1H3,(H,22,23,25)/b13-8+. The molecule has 0 bridgehead atoms. The predicted molar refractivity (Wildman–Crippen MR) is 92.0 cm³/mol. The lowest BCUT2D eigenvalue weighted by molar-refractivity contribution is -0.111. The molecule has 0 saturated heterocycles. The number of benzene rings is 1. The van der Waals surface area contributed by atoms with E-state index in [1.165, 1.54) is 24.5 Å². The van der Waals surface area contributed by atoms with Gasteiger partial charge in [-0.3, -0.25) is 15.1 Å². The molecule has 25 heavy (non-hydrogen) atoms. The van der Waals surface area contributed by atoms with E-state index in [0.29, 0.717) is 17.7 Å². The summed E-state index contributed by atoms with van der Waals surface area (Å²) >= 11 is 0. The molecular formula is C18H16FN5O. The molecule has 1 aromatic carbocycles. The second kappa shape index (κ2) is 7.48. The molecule has 0 aliphatic carbocycles. The molecule has 6 nitrogen and oxygen atoms in total. The summed E-state index contributed by atoms with van der Waals surface area (Å²) in [6, 6.07) is 9.84. The Kier molecular flexibility index (Phi) is 4.94. The van der Waals surface area contributed by atoms with Gasteiger partial charge in [-0.2, -0.15) is 0 Å². The zero-order chi connectivity index (χ0) is 17.6. The van der Waals surface area contributed by atoms with E-state index >= 15 is 0 Å². The highest BCUT2D eigenvalue weighted by atomic mass is 19.1. The third-order valence-electron chi connectivity index (χ3n) is 3.47. The van der Waals surface area contributed by atoms with E-state index in [9.17, 15) is 9.18 Å². The van der Waals surface area contributed by atoms with Crippen molar-refractivity contribution in [2.75, 3.05) is 5.32 Å². The highest BCUT2D eigenvalue weighted by molar-refractivity contribution is 6.02. The van der Waals surface area contributed by atoms with Crippen LogP contribution in [0.25, 0.3) is 5.57 Å². The maximum absolute atomic E-state index is 13.2. The fourth-order valence-electron chi connectivity index (χ4n) is 2.27. The number of aromatic nitrogens is 4. The minimum Gasteiger partial charge on any atom is -0.290 e. The number of hydrogen-bond donors (Lipinski definition) is 1. The maximum atomic E-state index is 13.2. The van der Waals surface area contributed by atoms with Gasteiger partial charge in [-0.25, -0.2) is 14.1 Å². The van der Waals surface area contributed by atoms with Crippen molar-refractivity contribution in [2.45, 2.75) is 13.5 Å². The topological polar surface area (TPSA) is 72.7 Å². The number of rotatable bonds is 5. The van der Waals surface area contributed by atoms with Crippen LogP contribution in [-0.4, -0.2) is 25.7 Å². The highest BCUT2D eigenvalue weighted by Crippen LogP contribution is 2.14. The van der Waals surface area contributed by atoms with Crippen molar-refractivity contribution >= 4 is 17.4 Å². The molecule has 0 aliphatic rings. The first-order valence-electron chi connectivity index (χ1n) is 7.64. The van der Waals surface area contributed by atoms with Crippen LogP contribution in [0.5, 0.6) is 0 Å². The maximum Gasteiger partial charge on any atom is 0.251 e. The van der Waals surface area contributed by atoms with E-state index in [1.54, 1.807) is 36.1 Å². The van der Waals surface area contributed by atoms with Crippen molar-refractivity contribution < 1.29 is 9.18 Å². The Balaban J connectivity index is 1.64. The average molecular weight is 337 g/mol. The molecule has 0 spiro atoms. The van der Waals surface area contributed by atoms with Gasteiger partial charge in [0.05, 0.1) is 6.54 Å². The van der Waals surface area contributed by atoms with Crippen LogP contribution in [0, 0.1) is 5.82 Å². The van der Waals surface area contributed by atoms with Crippen LogP contribution in [0.3, 0.4) is 0 Å². The van der Waals surface area contributed by atoms with E-state index < -0.39 is 0 Å². The summed E-state index contributed by atoms with van der Waals surface area (Å²) in [5.41, 5.74) is 2.27. The number of carbonyl (C=O) groups excluding carboxylic acids is 1. The smallest absolute Gasteiger partial charge is 0.251 e. The Labute approximate surface area is 144 Å². The van der Waals surface area contributed by atoms with Crippen LogP contribution in [0.2, 0.25) is 0 Å². The van der Waals surface area contributed by atoms with Gasteiger partial charge >= 0.3 is 0 Å². The molecular weight excluding hydrogens is 321 g/mol. The normalized spacial score (nSPS) is 11.4. The van der Waals surface area contributed by atoms with Crippen LogP contribution in [0.4, 0.5) is 10.3 Å². The van der Waals surface area contributed by atoms with Crippen molar-refractivity contribution in [3.05, 3.63) is 78.1 Å². The van der Waals surface area contributed by atoms with Crippen LogP contribution in [0.1, 0.15) is 18.1 Å². The summed E-state index contributed by atoms with van der Waals surface area (Å²) in [7, 11) is 0. The minimum absolute atomic E-state index is 0.206. The molecule has 1 N–H and O–H groups in total. The number of hydrogen-bond acceptors (Lipinski definition) is 4. The molecule has 2 aromatic heterocycles. The van der Waals surface area contributed by atoms with Crippen molar-refractivity contribution in [1.29, 1.82) is 0 Å². The Morgan fingerprint density at radius 2 is 2.20 bits per heavy atom. The number of halogens is 1. The SMILES string of the molecule is C/C(=C\C(=O)Nc1ncn(Cc2cccnc2)n1)c1cccc(F)c1. The number of allylic oxidation sites excluding steroid dienone is 1. The lowest BCUT2D eigenvalue weighted by atomic mass is 10.1. The predicted octanol–water partition coefficient (Wildman–Crippen LogP) is 2.90. The van der Waals surface area contributed by atoms with E-state index in [4.69, 9.17) is 0 Å². The van der Waals surface area contributed by atoms with Gasteiger partial charge in [0.25, 0.3) is 5.91 Å². The summed E-state index contributed by atoms with van der Waals surface area (Å²) in [5, 5.41) is 6.79. The molecule has 0 fully saturated rings. The Hall–Kier alpha value is -3.35. The molecule has 0 saturated carbocycles. The van der Waals surface area contributed by atoms with Crippen LogP contribution in [-0.2, 0) is 11.3 Å². The first-order valence-corrected chi connectivity index (χ1v) is 7.64. The van der Waals surface area contributed by atoms with Crippen LogP contribution < -0.4 is 5.32 Å². The fourth-order valence-corrected chi connectivity index (χ4v) is 2.27. The Morgan fingerprint density at radius 3 is 2.96 bits per heavy atom. The van der Waals surface area contributed by atoms with Gasteiger partial charge in [0.15, 0.2) is 0 Å². The molecule has 2 heterocycles. The molecule has 7 heteroatoms. The summed E-state index contributed by atoms with van der Waals surface area (Å²) in [4.78, 5) is 20.2. The summed E-state index contributed by atoms with van der Waals surface area (Å²) in [5.74, 6) is -0.514. The van der Waals surface area contributed by atoms with E-state index in [1.807, 2.05) is 12.1 Å². The van der Waals surface area contributed by atoms with Crippen molar-refractivity contribution in [3.8, 4) is 0 Å². The molecule has 1 amide bonds. The summed E-state index contributed by atoms with van der Waals surface area (Å²) in [6.07, 6.45) is 6.36. The monoisotopic (exact) mass is 337 g/mol. The first-order chi connectivity index (χ1) is 12.1. The van der Waals surface area contributed by atoms with Gasteiger partial charge in [-0.15, -0.1) is 5.10 Å². The Morgan fingerprint density at radius 1 is 1.32 bits per heavy atom.